The molecule has 2 aromatic carbocycles. The predicted octanol–water partition coefficient (Wildman–Crippen LogP) is 3.41. The first-order valence-corrected chi connectivity index (χ1v) is 10.4. The number of rotatable bonds is 7. The molecule has 1 saturated carbocycles. The van der Waals surface area contributed by atoms with Gasteiger partial charge in [0.05, 0.1) is 25.4 Å². The van der Waals surface area contributed by atoms with Gasteiger partial charge in [-0.25, -0.2) is 4.79 Å². The number of hydrogen-bond acceptors (Lipinski definition) is 6. The van der Waals surface area contributed by atoms with Crippen LogP contribution in [-0.2, 0) is 11.3 Å². The van der Waals surface area contributed by atoms with Crippen molar-refractivity contribution in [1.82, 2.24) is 9.55 Å². The molecule has 0 radical (unpaired) electrons. The van der Waals surface area contributed by atoms with Gasteiger partial charge in [-0.1, -0.05) is 25.0 Å². The van der Waals surface area contributed by atoms with Crippen LogP contribution in [0.4, 0.5) is 11.5 Å². The lowest BCUT2D eigenvalue weighted by atomic mass is 10.2. The average molecular weight is 422 g/mol. The molecule has 162 valence electrons. The summed E-state index contributed by atoms with van der Waals surface area (Å²) in [6.45, 7) is -0.161. The average Bonchev–Trinajstić information content (AvgIpc) is 3.30. The summed E-state index contributed by atoms with van der Waals surface area (Å²) >= 11 is 0. The van der Waals surface area contributed by atoms with Crippen LogP contribution in [0.25, 0.3) is 10.9 Å². The number of fused-ring (bicyclic) bond motifs is 1. The fourth-order valence-electron chi connectivity index (χ4n) is 3.99. The zero-order valence-electron chi connectivity index (χ0n) is 17.7. The van der Waals surface area contributed by atoms with E-state index in [-0.39, 0.29) is 12.5 Å². The third-order valence-electron chi connectivity index (χ3n) is 5.57. The van der Waals surface area contributed by atoms with E-state index in [9.17, 15) is 9.59 Å². The smallest absolute Gasteiger partial charge is 0.350 e. The lowest BCUT2D eigenvalue weighted by molar-refractivity contribution is -0.116. The highest BCUT2D eigenvalue weighted by atomic mass is 16.5. The van der Waals surface area contributed by atoms with Gasteiger partial charge in [0.2, 0.25) is 5.91 Å². The van der Waals surface area contributed by atoms with Crippen LogP contribution in [0.1, 0.15) is 25.7 Å². The Labute approximate surface area is 180 Å². The fourth-order valence-corrected chi connectivity index (χ4v) is 3.99. The minimum Gasteiger partial charge on any atom is -0.497 e. The van der Waals surface area contributed by atoms with Gasteiger partial charge < -0.3 is 20.1 Å². The number of aromatic nitrogens is 2. The second-order valence-electron chi connectivity index (χ2n) is 7.59. The van der Waals surface area contributed by atoms with Crippen LogP contribution in [0.15, 0.2) is 47.3 Å². The lowest BCUT2D eigenvalue weighted by Crippen LogP contribution is -2.31. The highest BCUT2D eigenvalue weighted by molar-refractivity contribution is 5.94. The van der Waals surface area contributed by atoms with Crippen molar-refractivity contribution in [3.63, 3.8) is 0 Å². The monoisotopic (exact) mass is 422 g/mol. The number of methoxy groups -OCH3 is 2. The Bertz CT molecular complexity index is 1150. The zero-order chi connectivity index (χ0) is 21.8. The van der Waals surface area contributed by atoms with Crippen molar-refractivity contribution >= 4 is 28.3 Å². The summed E-state index contributed by atoms with van der Waals surface area (Å²) in [5, 5.41) is 7.04. The summed E-state index contributed by atoms with van der Waals surface area (Å²) < 4.78 is 11.9. The number of ether oxygens (including phenoxy) is 2. The van der Waals surface area contributed by atoms with E-state index in [0.29, 0.717) is 34.6 Å². The maximum absolute atomic E-state index is 12.8. The van der Waals surface area contributed by atoms with E-state index in [1.54, 1.807) is 25.3 Å². The van der Waals surface area contributed by atoms with Crippen LogP contribution >= 0.6 is 0 Å². The Morgan fingerprint density at radius 2 is 1.90 bits per heavy atom. The Balaban J connectivity index is 1.60. The molecule has 8 heteroatoms. The molecule has 1 aromatic heterocycles. The Kier molecular flexibility index (Phi) is 6.06. The van der Waals surface area contributed by atoms with Crippen molar-refractivity contribution < 1.29 is 14.3 Å². The SMILES string of the molecule is COc1ccc(NC(=O)Cn2c(=O)nc(NC3CCCC3)c3ccccc32)c(OC)c1. The molecule has 1 amide bonds. The van der Waals surface area contributed by atoms with Gasteiger partial charge in [0.25, 0.3) is 0 Å². The van der Waals surface area contributed by atoms with Crippen LogP contribution in [0, 0.1) is 0 Å². The third-order valence-corrected chi connectivity index (χ3v) is 5.57. The van der Waals surface area contributed by atoms with Gasteiger partial charge in [-0.3, -0.25) is 9.36 Å². The lowest BCUT2D eigenvalue weighted by Gasteiger charge is -2.17. The largest absolute Gasteiger partial charge is 0.497 e. The van der Waals surface area contributed by atoms with Gasteiger partial charge in [0.15, 0.2) is 0 Å². The first-order valence-electron chi connectivity index (χ1n) is 10.4. The summed E-state index contributed by atoms with van der Waals surface area (Å²) in [7, 11) is 3.07. The highest BCUT2D eigenvalue weighted by Crippen LogP contribution is 2.29. The van der Waals surface area contributed by atoms with E-state index in [0.717, 1.165) is 18.2 Å². The maximum Gasteiger partial charge on any atom is 0.350 e. The molecule has 1 heterocycles. The van der Waals surface area contributed by atoms with Crippen molar-refractivity contribution in [3.05, 3.63) is 52.9 Å². The molecule has 0 atom stereocenters. The number of carbonyl (C=O) groups excluding carboxylic acids is 1. The van der Waals surface area contributed by atoms with Gasteiger partial charge in [0, 0.05) is 17.5 Å². The molecule has 0 aliphatic heterocycles. The molecule has 0 unspecified atom stereocenters. The van der Waals surface area contributed by atoms with Crippen molar-refractivity contribution in [2.24, 2.45) is 0 Å². The van der Waals surface area contributed by atoms with Gasteiger partial charge >= 0.3 is 5.69 Å². The number of nitrogens with zero attached hydrogens (tertiary/aromatic N) is 2. The predicted molar refractivity (Wildman–Crippen MR) is 120 cm³/mol. The maximum atomic E-state index is 12.8. The number of nitrogens with one attached hydrogen (secondary N) is 2. The summed E-state index contributed by atoms with van der Waals surface area (Å²) in [6.07, 6.45) is 4.51. The van der Waals surface area contributed by atoms with Gasteiger partial charge in [-0.15, -0.1) is 0 Å². The van der Waals surface area contributed by atoms with Crippen LogP contribution in [-0.4, -0.2) is 35.7 Å². The number of hydrogen-bond donors (Lipinski definition) is 2. The molecule has 8 nitrogen and oxygen atoms in total. The number of benzene rings is 2. The van der Waals surface area contributed by atoms with E-state index in [4.69, 9.17) is 9.47 Å². The molecular weight excluding hydrogens is 396 g/mol. The molecule has 0 bridgehead atoms. The summed E-state index contributed by atoms with van der Waals surface area (Å²) in [4.78, 5) is 29.8. The van der Waals surface area contributed by atoms with E-state index < -0.39 is 5.69 Å². The van der Waals surface area contributed by atoms with Crippen LogP contribution in [0.3, 0.4) is 0 Å². The van der Waals surface area contributed by atoms with Crippen LogP contribution in [0.2, 0.25) is 0 Å². The van der Waals surface area contributed by atoms with Crippen LogP contribution < -0.4 is 25.8 Å². The number of para-hydroxylation sites is 1. The fraction of sp³-hybridized carbons (Fsp3) is 0.348. The Morgan fingerprint density at radius 3 is 2.65 bits per heavy atom. The van der Waals surface area contributed by atoms with Crippen molar-refractivity contribution in [1.29, 1.82) is 0 Å². The minimum atomic E-state index is -0.462. The van der Waals surface area contributed by atoms with Crippen molar-refractivity contribution in [3.8, 4) is 11.5 Å². The quantitative estimate of drug-likeness (QED) is 0.606. The van der Waals surface area contributed by atoms with Crippen molar-refractivity contribution in [2.45, 2.75) is 38.3 Å². The standard InChI is InChI=1S/C23H26N4O4/c1-30-16-11-12-18(20(13-16)31-2)25-21(28)14-27-19-10-6-5-9-17(19)22(26-23(27)29)24-15-7-3-4-8-15/h5-6,9-13,15H,3-4,7-8,14H2,1-2H3,(H,25,28)(H,24,26,29). The summed E-state index contributed by atoms with van der Waals surface area (Å²) in [5.41, 5.74) is 0.703. The molecule has 4 rings (SSSR count). The summed E-state index contributed by atoms with van der Waals surface area (Å²) in [6, 6.07) is 12.9. The third kappa shape index (κ3) is 4.47. The Hall–Kier alpha value is -3.55. The Morgan fingerprint density at radius 1 is 1.13 bits per heavy atom. The number of carbonyl (C=O) groups is 1. The molecule has 31 heavy (non-hydrogen) atoms. The van der Waals surface area contributed by atoms with E-state index in [1.165, 1.54) is 24.5 Å². The molecule has 2 N–H and O–H groups in total. The van der Waals surface area contributed by atoms with E-state index >= 15 is 0 Å². The van der Waals surface area contributed by atoms with E-state index in [1.807, 2.05) is 24.3 Å². The van der Waals surface area contributed by atoms with Gasteiger partial charge in [0.1, 0.15) is 23.9 Å². The molecule has 1 aliphatic carbocycles. The van der Waals surface area contributed by atoms with Crippen molar-refractivity contribution in [2.75, 3.05) is 24.9 Å². The number of amides is 1. The molecular formula is C23H26N4O4. The summed E-state index contributed by atoms with van der Waals surface area (Å²) in [5.74, 6) is 1.32. The zero-order valence-corrected chi connectivity index (χ0v) is 17.7. The first kappa shape index (κ1) is 20.7. The molecule has 1 fully saturated rings. The normalized spacial score (nSPS) is 13.9. The minimum absolute atomic E-state index is 0.161. The molecule has 3 aromatic rings. The second-order valence-corrected chi connectivity index (χ2v) is 7.59. The molecule has 1 aliphatic rings. The van der Waals surface area contributed by atoms with Crippen LogP contribution in [0.5, 0.6) is 11.5 Å². The topological polar surface area (TPSA) is 94.5 Å². The highest BCUT2D eigenvalue weighted by Gasteiger charge is 2.19. The van der Waals surface area contributed by atoms with E-state index in [2.05, 4.69) is 15.6 Å². The van der Waals surface area contributed by atoms with Gasteiger partial charge in [-0.2, -0.15) is 4.98 Å². The number of anilines is 2. The molecule has 0 saturated heterocycles. The first-order chi connectivity index (χ1) is 15.1. The molecule has 0 spiro atoms. The van der Waals surface area contributed by atoms with Gasteiger partial charge in [-0.05, 0) is 37.1 Å². The second kappa shape index (κ2) is 9.07.